The van der Waals surface area contributed by atoms with E-state index in [9.17, 15) is 14.4 Å². The van der Waals surface area contributed by atoms with E-state index in [1.165, 1.54) is 33.6 Å². The Morgan fingerprint density at radius 1 is 0.811 bits per heavy atom. The third-order valence-corrected chi connectivity index (χ3v) is 5.18. The molecule has 0 spiro atoms. The van der Waals surface area contributed by atoms with Crippen LogP contribution in [0.3, 0.4) is 0 Å². The molecule has 3 rings (SSSR count). The van der Waals surface area contributed by atoms with Gasteiger partial charge in [-0.1, -0.05) is 11.6 Å². The van der Waals surface area contributed by atoms with Gasteiger partial charge in [0.15, 0.2) is 23.0 Å². The van der Waals surface area contributed by atoms with Gasteiger partial charge in [0.2, 0.25) is 0 Å². The van der Waals surface area contributed by atoms with Crippen molar-refractivity contribution in [2.24, 2.45) is 5.10 Å². The fraction of sp³-hybridized carbons (Fsp3) is 0.154. The maximum absolute atomic E-state index is 12.3. The number of hydrazone groups is 1. The molecule has 37 heavy (non-hydrogen) atoms. The minimum atomic E-state index is -0.571. The molecule has 10 nitrogen and oxygen atoms in total. The molecule has 0 atom stereocenters. The number of amides is 2. The van der Waals surface area contributed by atoms with Gasteiger partial charge in [0, 0.05) is 10.6 Å². The Labute approximate surface area is 218 Å². The zero-order valence-electron chi connectivity index (χ0n) is 20.2. The number of hydrogen-bond donors (Lipinski definition) is 2. The molecule has 0 radical (unpaired) electrons. The smallest absolute Gasteiger partial charge is 0.343 e. The van der Waals surface area contributed by atoms with E-state index in [2.05, 4.69) is 15.8 Å². The molecule has 0 bridgehead atoms. The van der Waals surface area contributed by atoms with Crippen LogP contribution in [-0.2, 0) is 4.79 Å². The van der Waals surface area contributed by atoms with Crippen LogP contribution in [0.15, 0.2) is 65.8 Å². The van der Waals surface area contributed by atoms with Crippen LogP contribution in [0.2, 0.25) is 5.02 Å². The van der Waals surface area contributed by atoms with Crippen molar-refractivity contribution in [2.45, 2.75) is 0 Å². The van der Waals surface area contributed by atoms with Gasteiger partial charge in [-0.2, -0.15) is 5.10 Å². The lowest BCUT2D eigenvalue weighted by Gasteiger charge is -2.10. The lowest BCUT2D eigenvalue weighted by molar-refractivity contribution is -0.120. The maximum atomic E-state index is 12.3. The number of nitrogens with one attached hydrogen (secondary N) is 2. The highest BCUT2D eigenvalue weighted by Crippen LogP contribution is 2.29. The van der Waals surface area contributed by atoms with Gasteiger partial charge < -0.3 is 24.3 Å². The second-order valence-electron chi connectivity index (χ2n) is 7.35. The third kappa shape index (κ3) is 7.45. The molecule has 2 amide bonds. The van der Waals surface area contributed by atoms with E-state index in [4.69, 9.17) is 30.5 Å². The highest BCUT2D eigenvalue weighted by Gasteiger charge is 2.14. The topological polar surface area (TPSA) is 125 Å². The van der Waals surface area contributed by atoms with Crippen molar-refractivity contribution in [1.82, 2.24) is 10.7 Å². The molecule has 0 aromatic heterocycles. The summed E-state index contributed by atoms with van der Waals surface area (Å²) in [4.78, 5) is 36.7. The van der Waals surface area contributed by atoms with Crippen molar-refractivity contribution in [3.63, 3.8) is 0 Å². The molecule has 0 aliphatic rings. The predicted molar refractivity (Wildman–Crippen MR) is 137 cm³/mol. The van der Waals surface area contributed by atoms with Gasteiger partial charge in [-0.15, -0.1) is 0 Å². The normalized spacial score (nSPS) is 10.5. The molecule has 0 unspecified atom stereocenters. The first kappa shape index (κ1) is 27.0. The van der Waals surface area contributed by atoms with Gasteiger partial charge in [-0.05, 0) is 66.2 Å². The molecule has 2 N–H and O–H groups in total. The molecular formula is C26H24ClN3O7. The van der Waals surface area contributed by atoms with E-state index in [1.807, 2.05) is 0 Å². The Balaban J connectivity index is 1.54. The first-order chi connectivity index (χ1) is 17.8. The average molecular weight is 526 g/mol. The van der Waals surface area contributed by atoms with Crippen LogP contribution < -0.4 is 29.7 Å². The van der Waals surface area contributed by atoms with Crippen LogP contribution in [-0.4, -0.2) is 51.9 Å². The molecule has 0 heterocycles. The van der Waals surface area contributed by atoms with Crippen LogP contribution in [0.1, 0.15) is 26.3 Å². The first-order valence-corrected chi connectivity index (χ1v) is 11.2. The summed E-state index contributed by atoms with van der Waals surface area (Å²) in [6.45, 7) is -0.298. The van der Waals surface area contributed by atoms with Gasteiger partial charge in [0.25, 0.3) is 11.8 Å². The average Bonchev–Trinajstić information content (AvgIpc) is 2.92. The molecule has 0 aliphatic heterocycles. The fourth-order valence-electron chi connectivity index (χ4n) is 3.05. The van der Waals surface area contributed by atoms with Gasteiger partial charge in [-0.25, -0.2) is 10.2 Å². The third-order valence-electron chi connectivity index (χ3n) is 4.93. The predicted octanol–water partition coefficient (Wildman–Crippen LogP) is 3.47. The van der Waals surface area contributed by atoms with Gasteiger partial charge >= 0.3 is 5.97 Å². The number of nitrogens with zero attached hydrogens (tertiary/aromatic N) is 1. The number of benzene rings is 3. The van der Waals surface area contributed by atoms with Gasteiger partial charge in [0.1, 0.15) is 0 Å². The Morgan fingerprint density at radius 3 is 2.11 bits per heavy atom. The number of carbonyl (C=O) groups is 3. The van der Waals surface area contributed by atoms with E-state index in [0.29, 0.717) is 39.0 Å². The summed E-state index contributed by atoms with van der Waals surface area (Å²) in [6, 6.07) is 15.7. The van der Waals surface area contributed by atoms with Crippen LogP contribution in [0.4, 0.5) is 0 Å². The summed E-state index contributed by atoms with van der Waals surface area (Å²) in [7, 11) is 4.38. The van der Waals surface area contributed by atoms with Crippen molar-refractivity contribution in [1.29, 1.82) is 0 Å². The Morgan fingerprint density at radius 2 is 1.43 bits per heavy atom. The van der Waals surface area contributed by atoms with E-state index in [1.54, 1.807) is 54.6 Å². The Kier molecular flexibility index (Phi) is 9.45. The van der Waals surface area contributed by atoms with Crippen molar-refractivity contribution in [3.8, 4) is 23.0 Å². The van der Waals surface area contributed by atoms with Crippen LogP contribution in [0.25, 0.3) is 0 Å². The highest BCUT2D eigenvalue weighted by atomic mass is 35.5. The fourth-order valence-corrected chi connectivity index (χ4v) is 3.18. The SMILES string of the molecule is COc1ccc(C(=O)NCC(=O)N/N=C/c2ccc(OC(=O)c3ccc(Cl)cc3)c(OC)c2)cc1OC. The largest absolute Gasteiger partial charge is 0.493 e. The van der Waals surface area contributed by atoms with Crippen LogP contribution in [0.5, 0.6) is 23.0 Å². The highest BCUT2D eigenvalue weighted by molar-refractivity contribution is 6.30. The molecule has 0 saturated carbocycles. The number of methoxy groups -OCH3 is 3. The van der Waals surface area contributed by atoms with Crippen molar-refractivity contribution in [2.75, 3.05) is 27.9 Å². The first-order valence-electron chi connectivity index (χ1n) is 10.8. The minimum absolute atomic E-state index is 0.210. The van der Waals surface area contributed by atoms with E-state index >= 15 is 0 Å². The summed E-state index contributed by atoms with van der Waals surface area (Å²) in [6.07, 6.45) is 1.38. The quantitative estimate of drug-likeness (QED) is 0.180. The summed E-state index contributed by atoms with van der Waals surface area (Å²) in [5, 5.41) is 6.88. The number of rotatable bonds is 10. The lowest BCUT2D eigenvalue weighted by Crippen LogP contribution is -2.34. The molecular weight excluding hydrogens is 502 g/mol. The molecule has 11 heteroatoms. The summed E-state index contributed by atoms with van der Waals surface area (Å²) < 4.78 is 21.0. The van der Waals surface area contributed by atoms with Gasteiger partial charge in [0.05, 0.1) is 39.7 Å². The molecule has 3 aromatic rings. The van der Waals surface area contributed by atoms with Crippen molar-refractivity contribution < 1.29 is 33.3 Å². The molecule has 0 aliphatic carbocycles. The molecule has 0 saturated heterocycles. The van der Waals surface area contributed by atoms with Crippen LogP contribution >= 0.6 is 11.6 Å². The summed E-state index contributed by atoms with van der Waals surface area (Å²) >= 11 is 5.84. The standard InChI is InChI=1S/C26H24ClN3O7/c1-34-20-11-7-18(13-23(20)36-3)25(32)28-15-24(31)30-29-14-16-4-10-21(22(12-16)35-2)37-26(33)17-5-8-19(27)9-6-17/h4-14H,15H2,1-3H3,(H,28,32)(H,30,31)/b29-14+. The zero-order valence-corrected chi connectivity index (χ0v) is 21.0. The van der Waals surface area contributed by atoms with E-state index in [-0.39, 0.29) is 12.3 Å². The Hall–Kier alpha value is -4.57. The minimum Gasteiger partial charge on any atom is -0.493 e. The van der Waals surface area contributed by atoms with Crippen molar-refractivity contribution in [3.05, 3.63) is 82.4 Å². The maximum Gasteiger partial charge on any atom is 0.343 e. The number of carbonyl (C=O) groups excluding carboxylic acids is 3. The van der Waals surface area contributed by atoms with Gasteiger partial charge in [-0.3, -0.25) is 9.59 Å². The number of halogens is 1. The zero-order chi connectivity index (χ0) is 26.8. The molecule has 192 valence electrons. The second-order valence-corrected chi connectivity index (χ2v) is 7.79. The molecule has 0 fully saturated rings. The Bertz CT molecular complexity index is 1310. The number of ether oxygens (including phenoxy) is 4. The lowest BCUT2D eigenvalue weighted by atomic mass is 10.2. The molecule has 3 aromatic carbocycles. The van der Waals surface area contributed by atoms with Crippen molar-refractivity contribution >= 4 is 35.6 Å². The monoisotopic (exact) mass is 525 g/mol. The summed E-state index contributed by atoms with van der Waals surface area (Å²) in [5.41, 5.74) is 3.53. The number of hydrogen-bond acceptors (Lipinski definition) is 8. The number of esters is 1. The van der Waals surface area contributed by atoms with E-state index < -0.39 is 17.8 Å². The van der Waals surface area contributed by atoms with Crippen LogP contribution in [0, 0.1) is 0 Å². The second kappa shape index (κ2) is 12.9. The van der Waals surface area contributed by atoms with E-state index in [0.717, 1.165) is 0 Å². The summed E-state index contributed by atoms with van der Waals surface area (Å²) in [5.74, 6) is -0.194.